The first-order chi connectivity index (χ1) is 15.1. The highest BCUT2D eigenvalue weighted by Crippen LogP contribution is 2.37. The number of hydrogen-bond donors (Lipinski definition) is 2. The number of carbonyl (C=O) groups is 2. The zero-order valence-electron chi connectivity index (χ0n) is 17.4. The van der Waals surface area contributed by atoms with Crippen LogP contribution in [0.5, 0.6) is 5.75 Å². The first kappa shape index (κ1) is 21.1. The van der Waals surface area contributed by atoms with Gasteiger partial charge in [-0.15, -0.1) is 11.3 Å². The molecule has 6 nitrogen and oxygen atoms in total. The summed E-state index contributed by atoms with van der Waals surface area (Å²) in [6, 6.07) is 16.9. The van der Waals surface area contributed by atoms with Gasteiger partial charge in [0, 0.05) is 17.0 Å². The van der Waals surface area contributed by atoms with Gasteiger partial charge in [0.2, 0.25) is 5.91 Å². The van der Waals surface area contributed by atoms with Gasteiger partial charge in [-0.1, -0.05) is 30.3 Å². The lowest BCUT2D eigenvalue weighted by Crippen LogP contribution is -2.32. The van der Waals surface area contributed by atoms with Gasteiger partial charge in [0.15, 0.2) is 5.13 Å². The first-order valence-corrected chi connectivity index (χ1v) is 11.2. The Bertz CT molecular complexity index is 1050. The Balaban J connectivity index is 1.37. The molecule has 1 aromatic heterocycles. The molecular formula is C24H25N3O3S. The SMILES string of the molecule is COc1ccc(CCNC(=O)[C@@H]2CCCc3sc(NC(=O)c4ccccc4)nc32)cc1. The van der Waals surface area contributed by atoms with Gasteiger partial charge in [-0.3, -0.25) is 14.9 Å². The van der Waals surface area contributed by atoms with E-state index in [0.717, 1.165) is 47.6 Å². The Morgan fingerprint density at radius 1 is 1.13 bits per heavy atom. The fourth-order valence-electron chi connectivity index (χ4n) is 3.73. The predicted molar refractivity (Wildman–Crippen MR) is 122 cm³/mol. The fraction of sp³-hybridized carbons (Fsp3) is 0.292. The van der Waals surface area contributed by atoms with Crippen LogP contribution in [0.25, 0.3) is 0 Å². The number of aryl methyl sites for hydroxylation is 1. The third-order valence-electron chi connectivity index (χ3n) is 5.40. The molecule has 1 aliphatic rings. The molecule has 7 heteroatoms. The Kier molecular flexibility index (Phi) is 6.62. The molecule has 0 spiro atoms. The van der Waals surface area contributed by atoms with Crippen molar-refractivity contribution >= 4 is 28.3 Å². The Hall–Kier alpha value is -3.19. The van der Waals surface area contributed by atoms with Gasteiger partial charge in [0.25, 0.3) is 5.91 Å². The molecule has 1 aliphatic carbocycles. The fourth-order valence-corrected chi connectivity index (χ4v) is 4.79. The average Bonchev–Trinajstić information content (AvgIpc) is 3.22. The number of carbonyl (C=O) groups excluding carboxylic acids is 2. The number of hydrogen-bond acceptors (Lipinski definition) is 5. The van der Waals surface area contributed by atoms with E-state index < -0.39 is 0 Å². The minimum atomic E-state index is -0.266. The van der Waals surface area contributed by atoms with Crippen molar-refractivity contribution in [1.82, 2.24) is 10.3 Å². The number of fused-ring (bicyclic) bond motifs is 1. The second-order valence-electron chi connectivity index (χ2n) is 7.48. The molecule has 3 aromatic rings. The highest BCUT2D eigenvalue weighted by molar-refractivity contribution is 7.16. The van der Waals surface area contributed by atoms with Gasteiger partial charge in [-0.05, 0) is 55.5 Å². The topological polar surface area (TPSA) is 80.3 Å². The number of benzene rings is 2. The number of ether oxygens (including phenoxy) is 1. The minimum absolute atomic E-state index is 0.000646. The van der Waals surface area contributed by atoms with E-state index in [4.69, 9.17) is 4.74 Å². The normalized spacial score (nSPS) is 15.1. The van der Waals surface area contributed by atoms with Gasteiger partial charge in [0.1, 0.15) is 5.75 Å². The number of anilines is 1. The largest absolute Gasteiger partial charge is 0.497 e. The van der Waals surface area contributed by atoms with Crippen molar-refractivity contribution < 1.29 is 14.3 Å². The minimum Gasteiger partial charge on any atom is -0.497 e. The second-order valence-corrected chi connectivity index (χ2v) is 8.57. The van der Waals surface area contributed by atoms with Crippen molar-refractivity contribution in [2.45, 2.75) is 31.6 Å². The van der Waals surface area contributed by atoms with Crippen molar-refractivity contribution in [3.8, 4) is 5.75 Å². The number of aromatic nitrogens is 1. The third kappa shape index (κ3) is 5.11. The molecule has 31 heavy (non-hydrogen) atoms. The van der Waals surface area contributed by atoms with Crippen LogP contribution in [0.3, 0.4) is 0 Å². The molecule has 1 heterocycles. The molecule has 2 amide bonds. The molecule has 0 saturated heterocycles. The van der Waals surface area contributed by atoms with Crippen LogP contribution >= 0.6 is 11.3 Å². The van der Waals surface area contributed by atoms with E-state index in [-0.39, 0.29) is 17.7 Å². The Morgan fingerprint density at radius 3 is 2.65 bits per heavy atom. The summed E-state index contributed by atoms with van der Waals surface area (Å²) in [6.45, 7) is 0.568. The highest BCUT2D eigenvalue weighted by Gasteiger charge is 2.30. The number of nitrogens with zero attached hydrogens (tertiary/aromatic N) is 1. The van der Waals surface area contributed by atoms with E-state index in [0.29, 0.717) is 17.2 Å². The van der Waals surface area contributed by atoms with Gasteiger partial charge >= 0.3 is 0 Å². The van der Waals surface area contributed by atoms with Gasteiger partial charge in [0.05, 0.1) is 18.7 Å². The lowest BCUT2D eigenvalue weighted by atomic mass is 9.90. The summed E-state index contributed by atoms with van der Waals surface area (Å²) >= 11 is 1.47. The molecule has 160 valence electrons. The van der Waals surface area contributed by atoms with E-state index in [1.807, 2.05) is 42.5 Å². The van der Waals surface area contributed by atoms with Crippen LogP contribution in [0.15, 0.2) is 54.6 Å². The van der Waals surface area contributed by atoms with E-state index >= 15 is 0 Å². The van der Waals surface area contributed by atoms with Gasteiger partial charge in [-0.2, -0.15) is 0 Å². The molecule has 0 saturated carbocycles. The number of amides is 2. The lowest BCUT2D eigenvalue weighted by molar-refractivity contribution is -0.122. The zero-order chi connectivity index (χ0) is 21.6. The van der Waals surface area contributed by atoms with Crippen molar-refractivity contribution in [3.63, 3.8) is 0 Å². The monoisotopic (exact) mass is 435 g/mol. The number of nitrogens with one attached hydrogen (secondary N) is 2. The summed E-state index contributed by atoms with van der Waals surface area (Å²) in [5.74, 6) is 0.368. The summed E-state index contributed by atoms with van der Waals surface area (Å²) in [6.07, 6.45) is 3.36. The molecule has 0 bridgehead atoms. The van der Waals surface area contributed by atoms with Crippen LogP contribution in [0.4, 0.5) is 5.13 Å². The quantitative estimate of drug-likeness (QED) is 0.583. The molecule has 1 atom stereocenters. The van der Waals surface area contributed by atoms with Crippen LogP contribution in [0.1, 0.15) is 45.3 Å². The molecule has 0 fully saturated rings. The summed E-state index contributed by atoms with van der Waals surface area (Å²) in [4.78, 5) is 31.0. The molecule has 2 aromatic carbocycles. The van der Waals surface area contributed by atoms with E-state index in [1.54, 1.807) is 19.2 Å². The molecule has 0 radical (unpaired) electrons. The maximum absolute atomic E-state index is 12.9. The first-order valence-electron chi connectivity index (χ1n) is 10.4. The van der Waals surface area contributed by atoms with Crippen LogP contribution < -0.4 is 15.4 Å². The van der Waals surface area contributed by atoms with Crippen LogP contribution in [-0.2, 0) is 17.6 Å². The molecule has 0 unspecified atom stereocenters. The van der Waals surface area contributed by atoms with Crippen molar-refractivity contribution in [1.29, 1.82) is 0 Å². The van der Waals surface area contributed by atoms with Crippen molar-refractivity contribution in [2.75, 3.05) is 19.0 Å². The summed E-state index contributed by atoms with van der Waals surface area (Å²) in [5.41, 5.74) is 2.54. The molecule has 4 rings (SSSR count). The number of methoxy groups -OCH3 is 1. The Labute approximate surface area is 185 Å². The summed E-state index contributed by atoms with van der Waals surface area (Å²) < 4.78 is 5.17. The average molecular weight is 436 g/mol. The van der Waals surface area contributed by atoms with Gasteiger partial charge in [-0.25, -0.2) is 4.98 Å². The van der Waals surface area contributed by atoms with Gasteiger partial charge < -0.3 is 10.1 Å². The second kappa shape index (κ2) is 9.75. The van der Waals surface area contributed by atoms with E-state index in [1.165, 1.54) is 11.3 Å². The molecule has 0 aliphatic heterocycles. The van der Waals surface area contributed by atoms with Crippen molar-refractivity contribution in [2.24, 2.45) is 0 Å². The summed E-state index contributed by atoms with van der Waals surface area (Å²) in [5, 5.41) is 6.48. The maximum atomic E-state index is 12.9. The Morgan fingerprint density at radius 2 is 1.90 bits per heavy atom. The van der Waals surface area contributed by atoms with Crippen molar-refractivity contribution in [3.05, 3.63) is 76.3 Å². The predicted octanol–water partition coefficient (Wildman–Crippen LogP) is 4.18. The smallest absolute Gasteiger partial charge is 0.257 e. The number of thiazole rings is 1. The van der Waals surface area contributed by atoms with Crippen LogP contribution in [0, 0.1) is 0 Å². The number of rotatable bonds is 7. The maximum Gasteiger partial charge on any atom is 0.257 e. The van der Waals surface area contributed by atoms with E-state index in [9.17, 15) is 9.59 Å². The summed E-state index contributed by atoms with van der Waals surface area (Å²) in [7, 11) is 1.64. The standard InChI is InChI=1S/C24H25N3O3S/c1-30-18-12-10-16(11-13-18)14-15-25-23(29)19-8-5-9-20-21(19)26-24(31-20)27-22(28)17-6-3-2-4-7-17/h2-4,6-7,10-13,19H,5,8-9,14-15H2,1H3,(H,25,29)(H,26,27,28)/t19-/m1/s1. The molecule has 2 N–H and O–H groups in total. The van der Waals surface area contributed by atoms with Crippen LogP contribution in [0.2, 0.25) is 0 Å². The zero-order valence-corrected chi connectivity index (χ0v) is 18.2. The highest BCUT2D eigenvalue weighted by atomic mass is 32.1. The van der Waals surface area contributed by atoms with Crippen LogP contribution in [-0.4, -0.2) is 30.5 Å². The molecular weight excluding hydrogens is 410 g/mol. The third-order valence-corrected chi connectivity index (χ3v) is 6.45. The van der Waals surface area contributed by atoms with E-state index in [2.05, 4.69) is 15.6 Å². The lowest BCUT2D eigenvalue weighted by Gasteiger charge is -2.20.